The second-order valence-electron chi connectivity index (χ2n) is 10.6. The van der Waals surface area contributed by atoms with Crippen molar-refractivity contribution in [3.8, 4) is 11.5 Å². The maximum Gasteiger partial charge on any atom is 0.584 e. The van der Waals surface area contributed by atoms with E-state index < -0.39 is 7.82 Å². The summed E-state index contributed by atoms with van der Waals surface area (Å²) in [6.45, 7) is 18.7. The van der Waals surface area contributed by atoms with Crippen molar-refractivity contribution in [3.63, 3.8) is 0 Å². The molecule has 0 fully saturated rings. The lowest BCUT2D eigenvalue weighted by molar-refractivity contribution is 0.286. The zero-order chi connectivity index (χ0) is 22.3. The van der Waals surface area contributed by atoms with E-state index in [2.05, 4.69) is 47.6 Å². The topological polar surface area (TPSA) is 55.8 Å². The number of benzene rings is 2. The van der Waals surface area contributed by atoms with Crippen LogP contribution in [0.4, 0.5) is 0 Å². The minimum absolute atomic E-state index is 0.0381. The molecule has 160 valence electrons. The van der Waals surface area contributed by atoms with Crippen LogP contribution in [0.1, 0.15) is 79.0 Å². The standard InChI is InChI=1S/C24H35O4P/c1-22(2,3)17-14-15-21(19(16-17)24(7,8)9)28-29(25,26)27-20-13-11-10-12-18(20)23(4,5)6/h10-16H,1-9H3,(H,25,26). The van der Waals surface area contributed by atoms with Gasteiger partial charge in [-0.3, -0.25) is 4.89 Å². The van der Waals surface area contributed by atoms with Crippen LogP contribution in [0.15, 0.2) is 42.5 Å². The lowest BCUT2D eigenvalue weighted by Crippen LogP contribution is -2.18. The molecule has 0 heterocycles. The highest BCUT2D eigenvalue weighted by Crippen LogP contribution is 2.49. The quantitative estimate of drug-likeness (QED) is 0.536. The van der Waals surface area contributed by atoms with Crippen LogP contribution in [0.3, 0.4) is 0 Å². The average molecular weight is 419 g/mol. The molecular formula is C24H35O4P. The Labute approximate surface area is 175 Å². The third-order valence-corrected chi connectivity index (χ3v) is 5.63. The fourth-order valence-electron chi connectivity index (χ4n) is 3.10. The summed E-state index contributed by atoms with van der Waals surface area (Å²) in [5, 5.41) is 0. The van der Waals surface area contributed by atoms with Crippen LogP contribution in [0, 0.1) is 0 Å². The molecular weight excluding hydrogens is 383 g/mol. The van der Waals surface area contributed by atoms with Gasteiger partial charge in [0, 0.05) is 11.1 Å². The van der Waals surface area contributed by atoms with Crippen molar-refractivity contribution in [3.05, 3.63) is 59.2 Å². The van der Waals surface area contributed by atoms with E-state index in [0.717, 1.165) is 16.7 Å². The summed E-state index contributed by atoms with van der Waals surface area (Å²) >= 11 is 0. The van der Waals surface area contributed by atoms with Crippen molar-refractivity contribution in [1.29, 1.82) is 0 Å². The minimum atomic E-state index is -4.39. The Balaban J connectivity index is 2.42. The van der Waals surface area contributed by atoms with Gasteiger partial charge in [-0.05, 0) is 33.9 Å². The number of rotatable bonds is 4. The van der Waals surface area contributed by atoms with Crippen molar-refractivity contribution in [2.45, 2.75) is 78.6 Å². The summed E-state index contributed by atoms with van der Waals surface area (Å²) in [4.78, 5) is 10.5. The molecule has 0 aromatic heterocycles. The molecule has 1 unspecified atom stereocenters. The number of hydrogen-bond donors (Lipinski definition) is 1. The highest BCUT2D eigenvalue weighted by molar-refractivity contribution is 7.48. The van der Waals surface area contributed by atoms with E-state index in [1.807, 2.05) is 39.0 Å². The summed E-state index contributed by atoms with van der Waals surface area (Å²) in [5.74, 6) is 0.721. The van der Waals surface area contributed by atoms with E-state index in [4.69, 9.17) is 9.05 Å². The lowest BCUT2D eigenvalue weighted by atomic mass is 9.80. The maximum atomic E-state index is 12.9. The normalized spacial score (nSPS) is 15.0. The van der Waals surface area contributed by atoms with Gasteiger partial charge < -0.3 is 9.05 Å². The molecule has 2 rings (SSSR count). The molecule has 1 N–H and O–H groups in total. The van der Waals surface area contributed by atoms with E-state index in [0.29, 0.717) is 11.5 Å². The molecule has 0 bridgehead atoms. The first-order valence-corrected chi connectivity index (χ1v) is 11.5. The molecule has 0 spiro atoms. The van der Waals surface area contributed by atoms with Crippen molar-refractivity contribution < 1.29 is 18.5 Å². The Kier molecular flexibility index (Phi) is 6.33. The number of hydrogen-bond acceptors (Lipinski definition) is 3. The van der Waals surface area contributed by atoms with Gasteiger partial charge in [0.05, 0.1) is 0 Å². The van der Waals surface area contributed by atoms with Crippen LogP contribution >= 0.6 is 7.82 Å². The third-order valence-electron chi connectivity index (χ3n) is 4.78. The summed E-state index contributed by atoms with van der Waals surface area (Å²) in [6, 6.07) is 13.0. The van der Waals surface area contributed by atoms with E-state index in [9.17, 15) is 9.46 Å². The van der Waals surface area contributed by atoms with Gasteiger partial charge in [0.25, 0.3) is 0 Å². The molecule has 5 heteroatoms. The second-order valence-corrected chi connectivity index (χ2v) is 11.9. The Bertz CT molecular complexity index is 912. The predicted molar refractivity (Wildman–Crippen MR) is 120 cm³/mol. The molecule has 0 aliphatic heterocycles. The highest BCUT2D eigenvalue weighted by Gasteiger charge is 2.32. The summed E-state index contributed by atoms with van der Waals surface area (Å²) in [7, 11) is -4.39. The SMILES string of the molecule is CC(C)(C)c1ccc(OP(=O)(O)Oc2ccccc2C(C)(C)C)c(C(C)(C)C)c1. The number of para-hydroxylation sites is 1. The summed E-state index contributed by atoms with van der Waals surface area (Å²) < 4.78 is 24.0. The van der Waals surface area contributed by atoms with Crippen molar-refractivity contribution >= 4 is 7.82 Å². The van der Waals surface area contributed by atoms with Gasteiger partial charge in [-0.25, -0.2) is 4.57 Å². The monoisotopic (exact) mass is 418 g/mol. The van der Waals surface area contributed by atoms with Gasteiger partial charge in [0.15, 0.2) is 0 Å². The molecule has 1 atom stereocenters. The average Bonchev–Trinajstić information content (AvgIpc) is 2.51. The van der Waals surface area contributed by atoms with Crippen LogP contribution in [-0.4, -0.2) is 4.89 Å². The van der Waals surface area contributed by atoms with E-state index in [1.54, 1.807) is 18.2 Å². The zero-order valence-electron chi connectivity index (χ0n) is 19.2. The summed E-state index contributed by atoms with van der Waals surface area (Å²) in [5.41, 5.74) is 2.32. The van der Waals surface area contributed by atoms with E-state index in [-0.39, 0.29) is 16.2 Å². The minimum Gasteiger partial charge on any atom is -0.395 e. The van der Waals surface area contributed by atoms with Gasteiger partial charge in [-0.2, -0.15) is 0 Å². The maximum absolute atomic E-state index is 12.9. The number of phosphoric acid groups is 1. The molecule has 0 amide bonds. The molecule has 0 saturated carbocycles. The molecule has 0 aliphatic rings. The Morgan fingerprint density at radius 3 is 1.66 bits per heavy atom. The van der Waals surface area contributed by atoms with Crippen LogP contribution < -0.4 is 9.05 Å². The predicted octanol–water partition coefficient (Wildman–Crippen LogP) is 7.14. The van der Waals surface area contributed by atoms with Crippen LogP contribution in [0.25, 0.3) is 0 Å². The van der Waals surface area contributed by atoms with Gasteiger partial charge in [-0.1, -0.05) is 92.6 Å². The second kappa shape index (κ2) is 7.81. The smallest absolute Gasteiger partial charge is 0.395 e. The molecule has 0 radical (unpaired) electrons. The third kappa shape index (κ3) is 6.10. The Morgan fingerprint density at radius 2 is 1.17 bits per heavy atom. The molecule has 0 saturated heterocycles. The molecule has 4 nitrogen and oxygen atoms in total. The first kappa shape index (κ1) is 23.5. The number of phosphoric ester groups is 1. The van der Waals surface area contributed by atoms with Crippen molar-refractivity contribution in [2.75, 3.05) is 0 Å². The van der Waals surface area contributed by atoms with Gasteiger partial charge >= 0.3 is 7.82 Å². The lowest BCUT2D eigenvalue weighted by Gasteiger charge is -2.28. The van der Waals surface area contributed by atoms with E-state index in [1.165, 1.54) is 0 Å². The van der Waals surface area contributed by atoms with Crippen LogP contribution in [0.5, 0.6) is 11.5 Å². The first-order valence-electron chi connectivity index (χ1n) is 9.97. The fraction of sp³-hybridized carbons (Fsp3) is 0.500. The largest absolute Gasteiger partial charge is 0.584 e. The highest BCUT2D eigenvalue weighted by atomic mass is 31.2. The van der Waals surface area contributed by atoms with Crippen molar-refractivity contribution in [1.82, 2.24) is 0 Å². The fourth-order valence-corrected chi connectivity index (χ4v) is 3.95. The zero-order valence-corrected chi connectivity index (χ0v) is 20.1. The van der Waals surface area contributed by atoms with Crippen LogP contribution in [0.2, 0.25) is 0 Å². The molecule has 0 aliphatic carbocycles. The molecule has 2 aromatic rings. The molecule has 29 heavy (non-hydrogen) atoms. The van der Waals surface area contributed by atoms with Gasteiger partial charge in [0.1, 0.15) is 11.5 Å². The first-order chi connectivity index (χ1) is 13.0. The van der Waals surface area contributed by atoms with Gasteiger partial charge in [-0.15, -0.1) is 0 Å². The Hall–Kier alpha value is -1.77. The van der Waals surface area contributed by atoms with Gasteiger partial charge in [0.2, 0.25) is 0 Å². The summed E-state index contributed by atoms with van der Waals surface area (Å²) in [6.07, 6.45) is 0. The van der Waals surface area contributed by atoms with E-state index >= 15 is 0 Å². The van der Waals surface area contributed by atoms with Crippen LogP contribution in [-0.2, 0) is 20.8 Å². The van der Waals surface area contributed by atoms with Crippen molar-refractivity contribution in [2.24, 2.45) is 0 Å². The Morgan fingerprint density at radius 1 is 0.690 bits per heavy atom. The molecule has 2 aromatic carbocycles.